The summed E-state index contributed by atoms with van der Waals surface area (Å²) in [6, 6.07) is 20.1. The maximum absolute atomic E-state index is 2.34. The Morgan fingerprint density at radius 3 is 2.11 bits per heavy atom. The minimum absolute atomic E-state index is 0.139. The van der Waals surface area contributed by atoms with E-state index in [4.69, 9.17) is 0 Å². The molecular weight excluding hydrogens is 346 g/mol. The summed E-state index contributed by atoms with van der Waals surface area (Å²) in [6.45, 7) is 11.2. The highest BCUT2D eigenvalue weighted by Crippen LogP contribution is 2.44. The summed E-state index contributed by atoms with van der Waals surface area (Å²) in [6.07, 6.45) is 0. The van der Waals surface area contributed by atoms with Gasteiger partial charge in [0.25, 0.3) is 0 Å². The van der Waals surface area contributed by atoms with Crippen molar-refractivity contribution >= 4 is 42.9 Å². The fourth-order valence-corrected chi connectivity index (χ4v) is 5.55. The summed E-state index contributed by atoms with van der Waals surface area (Å²) in [5.41, 5.74) is 6.73. The van der Waals surface area contributed by atoms with Gasteiger partial charge in [-0.15, -0.1) is 11.3 Å². The molecule has 0 N–H and O–H groups in total. The molecule has 0 aliphatic rings. The van der Waals surface area contributed by atoms with E-state index in [0.29, 0.717) is 0 Å². The van der Waals surface area contributed by atoms with Crippen LogP contribution in [0.1, 0.15) is 37.5 Å². The standard InChI is InChI=1S/C25H27NS/c1-16-13-14-21(17(2)15-16)26(6)22-12-8-10-19-18-9-7-11-20(25(3,4)5)23(18)27-24(19)22/h7-15H,1-6H3. The average molecular weight is 374 g/mol. The lowest BCUT2D eigenvalue weighted by atomic mass is 9.86. The lowest BCUT2D eigenvalue weighted by Crippen LogP contribution is -2.11. The van der Waals surface area contributed by atoms with Gasteiger partial charge in [-0.1, -0.05) is 68.8 Å². The van der Waals surface area contributed by atoms with Gasteiger partial charge in [0.1, 0.15) is 0 Å². The number of aryl methyl sites for hydroxylation is 2. The Morgan fingerprint density at radius 1 is 0.778 bits per heavy atom. The molecule has 4 aromatic rings. The lowest BCUT2D eigenvalue weighted by Gasteiger charge is -2.22. The molecule has 0 spiro atoms. The number of rotatable bonds is 2. The Morgan fingerprint density at radius 2 is 1.44 bits per heavy atom. The first-order valence-corrected chi connectivity index (χ1v) is 10.3. The van der Waals surface area contributed by atoms with E-state index >= 15 is 0 Å². The van der Waals surface area contributed by atoms with Crippen LogP contribution in [-0.2, 0) is 5.41 Å². The maximum Gasteiger partial charge on any atom is 0.0592 e. The Balaban J connectivity index is 1.97. The Kier molecular flexibility index (Phi) is 4.27. The van der Waals surface area contributed by atoms with Crippen LogP contribution in [0.5, 0.6) is 0 Å². The zero-order valence-electron chi connectivity index (χ0n) is 17.1. The quantitative estimate of drug-likeness (QED) is 0.347. The number of nitrogens with zero attached hydrogens (tertiary/aromatic N) is 1. The molecule has 2 heteroatoms. The van der Waals surface area contributed by atoms with Gasteiger partial charge >= 0.3 is 0 Å². The summed E-state index contributed by atoms with van der Waals surface area (Å²) in [5.74, 6) is 0. The van der Waals surface area contributed by atoms with Crippen LogP contribution in [0, 0.1) is 13.8 Å². The predicted octanol–water partition coefficient (Wildman–Crippen LogP) is 7.74. The fourth-order valence-electron chi connectivity index (χ4n) is 3.97. The number of thiophene rings is 1. The van der Waals surface area contributed by atoms with Crippen LogP contribution < -0.4 is 4.90 Å². The van der Waals surface area contributed by atoms with Gasteiger partial charge in [0.2, 0.25) is 0 Å². The van der Waals surface area contributed by atoms with Crippen molar-refractivity contribution in [2.24, 2.45) is 0 Å². The molecule has 1 nitrogen and oxygen atoms in total. The predicted molar refractivity (Wildman–Crippen MR) is 122 cm³/mol. The molecule has 1 aromatic heterocycles. The van der Waals surface area contributed by atoms with Crippen molar-refractivity contribution in [3.8, 4) is 0 Å². The normalized spacial score (nSPS) is 12.1. The lowest BCUT2D eigenvalue weighted by molar-refractivity contribution is 0.597. The van der Waals surface area contributed by atoms with Crippen molar-refractivity contribution in [3.05, 3.63) is 71.3 Å². The molecule has 0 aliphatic heterocycles. The molecule has 3 aromatic carbocycles. The molecule has 0 fully saturated rings. The van der Waals surface area contributed by atoms with Crippen molar-refractivity contribution in [1.29, 1.82) is 0 Å². The zero-order chi connectivity index (χ0) is 19.3. The Bertz CT molecular complexity index is 1140. The minimum atomic E-state index is 0.139. The van der Waals surface area contributed by atoms with Crippen LogP contribution in [0.15, 0.2) is 54.6 Å². The molecule has 0 saturated heterocycles. The average Bonchev–Trinajstić information content (AvgIpc) is 2.99. The van der Waals surface area contributed by atoms with Crippen molar-refractivity contribution < 1.29 is 0 Å². The largest absolute Gasteiger partial charge is 0.343 e. The highest BCUT2D eigenvalue weighted by molar-refractivity contribution is 7.26. The first kappa shape index (κ1) is 18.1. The van der Waals surface area contributed by atoms with Gasteiger partial charge < -0.3 is 4.90 Å². The first-order chi connectivity index (χ1) is 12.8. The number of benzene rings is 3. The van der Waals surface area contributed by atoms with E-state index in [-0.39, 0.29) is 5.41 Å². The fraction of sp³-hybridized carbons (Fsp3) is 0.280. The second kappa shape index (κ2) is 6.38. The van der Waals surface area contributed by atoms with Crippen LogP contribution in [0.25, 0.3) is 20.2 Å². The first-order valence-electron chi connectivity index (χ1n) is 9.53. The molecule has 27 heavy (non-hydrogen) atoms. The summed E-state index contributed by atoms with van der Waals surface area (Å²) >= 11 is 1.93. The zero-order valence-corrected chi connectivity index (χ0v) is 17.9. The molecular formula is C25H27NS. The van der Waals surface area contributed by atoms with Crippen molar-refractivity contribution in [2.75, 3.05) is 11.9 Å². The minimum Gasteiger partial charge on any atom is -0.343 e. The number of anilines is 2. The van der Waals surface area contributed by atoms with E-state index in [1.807, 2.05) is 11.3 Å². The van der Waals surface area contributed by atoms with Gasteiger partial charge in [0.05, 0.1) is 10.4 Å². The Hall–Kier alpha value is -2.32. The van der Waals surface area contributed by atoms with Gasteiger partial charge in [-0.2, -0.15) is 0 Å². The van der Waals surface area contributed by atoms with Gasteiger partial charge in [-0.25, -0.2) is 0 Å². The van der Waals surface area contributed by atoms with E-state index in [1.54, 1.807) is 0 Å². The molecule has 4 rings (SSSR count). The van der Waals surface area contributed by atoms with Crippen LogP contribution >= 0.6 is 11.3 Å². The number of hydrogen-bond acceptors (Lipinski definition) is 2. The monoisotopic (exact) mass is 373 g/mol. The summed E-state index contributed by atoms with van der Waals surface area (Å²) in [7, 11) is 2.18. The summed E-state index contributed by atoms with van der Waals surface area (Å²) < 4.78 is 2.79. The van der Waals surface area contributed by atoms with Gasteiger partial charge in [0.15, 0.2) is 0 Å². The van der Waals surface area contributed by atoms with Crippen molar-refractivity contribution in [2.45, 2.75) is 40.0 Å². The highest BCUT2D eigenvalue weighted by atomic mass is 32.1. The van der Waals surface area contributed by atoms with E-state index in [1.165, 1.54) is 48.2 Å². The third-order valence-electron chi connectivity index (χ3n) is 5.39. The summed E-state index contributed by atoms with van der Waals surface area (Å²) in [5, 5.41) is 2.73. The van der Waals surface area contributed by atoms with Gasteiger partial charge in [-0.3, -0.25) is 0 Å². The van der Waals surface area contributed by atoms with E-state index < -0.39 is 0 Å². The highest BCUT2D eigenvalue weighted by Gasteiger charge is 2.20. The van der Waals surface area contributed by atoms with E-state index in [0.717, 1.165) is 0 Å². The second-order valence-electron chi connectivity index (χ2n) is 8.54. The van der Waals surface area contributed by atoms with Crippen LogP contribution in [0.2, 0.25) is 0 Å². The van der Waals surface area contributed by atoms with E-state index in [9.17, 15) is 0 Å². The molecule has 0 saturated carbocycles. The SMILES string of the molecule is Cc1ccc(N(C)c2cccc3c2sc2c(C(C)(C)C)cccc23)c(C)c1. The molecule has 0 aliphatic carbocycles. The number of fused-ring (bicyclic) bond motifs is 3. The molecule has 0 unspecified atom stereocenters. The molecule has 0 radical (unpaired) electrons. The topological polar surface area (TPSA) is 3.24 Å². The van der Waals surface area contributed by atoms with Gasteiger partial charge in [-0.05, 0) is 42.5 Å². The van der Waals surface area contributed by atoms with E-state index in [2.05, 4.69) is 101 Å². The smallest absolute Gasteiger partial charge is 0.0592 e. The molecule has 1 heterocycles. The van der Waals surface area contributed by atoms with Gasteiger partial charge in [0, 0.05) is 28.2 Å². The van der Waals surface area contributed by atoms with Crippen molar-refractivity contribution in [1.82, 2.24) is 0 Å². The molecule has 0 bridgehead atoms. The summed E-state index contributed by atoms with van der Waals surface area (Å²) in [4.78, 5) is 2.34. The third kappa shape index (κ3) is 3.02. The van der Waals surface area contributed by atoms with Crippen LogP contribution in [-0.4, -0.2) is 7.05 Å². The third-order valence-corrected chi connectivity index (χ3v) is 6.66. The molecule has 0 amide bonds. The van der Waals surface area contributed by atoms with Crippen LogP contribution in [0.4, 0.5) is 11.4 Å². The van der Waals surface area contributed by atoms with Crippen molar-refractivity contribution in [3.63, 3.8) is 0 Å². The van der Waals surface area contributed by atoms with Crippen LogP contribution in [0.3, 0.4) is 0 Å². The molecule has 138 valence electrons. The Labute approximate surface area is 166 Å². The number of hydrogen-bond donors (Lipinski definition) is 0. The second-order valence-corrected chi connectivity index (χ2v) is 9.56. The maximum atomic E-state index is 2.34. The molecule has 0 atom stereocenters.